The van der Waals surface area contributed by atoms with Gasteiger partial charge >= 0.3 is 0 Å². The lowest BCUT2D eigenvalue weighted by atomic mass is 10.2. The molecule has 5 nitrogen and oxygen atoms in total. The number of carbonyl (C=O) groups is 1. The average molecular weight is 360 g/mol. The number of rotatable bonds is 7. The van der Waals surface area contributed by atoms with Gasteiger partial charge in [-0.1, -0.05) is 17.7 Å². The highest BCUT2D eigenvalue weighted by molar-refractivity contribution is 6.31. The molecule has 0 aliphatic carbocycles. The van der Waals surface area contributed by atoms with Crippen LogP contribution in [0.4, 0.5) is 5.69 Å². The fourth-order valence-electron chi connectivity index (χ4n) is 2.67. The minimum Gasteiger partial charge on any atom is -0.463 e. The molecule has 2 aromatic heterocycles. The van der Waals surface area contributed by atoms with Crippen LogP contribution in [0.15, 0.2) is 63.8 Å². The van der Waals surface area contributed by atoms with E-state index in [-0.39, 0.29) is 12.5 Å². The highest BCUT2D eigenvalue weighted by Crippen LogP contribution is 2.22. The van der Waals surface area contributed by atoms with Crippen LogP contribution >= 0.6 is 11.6 Å². The Hall–Kier alpha value is -2.50. The largest absolute Gasteiger partial charge is 0.463 e. The van der Waals surface area contributed by atoms with Crippen molar-refractivity contribution in [3.8, 4) is 0 Å². The van der Waals surface area contributed by atoms with Gasteiger partial charge in [-0.25, -0.2) is 0 Å². The fourth-order valence-corrected chi connectivity index (χ4v) is 2.85. The number of quaternary nitrogens is 1. The molecule has 130 valence electrons. The average Bonchev–Trinajstić information content (AvgIpc) is 3.26. The Bertz CT molecular complexity index is 777. The van der Waals surface area contributed by atoms with E-state index >= 15 is 0 Å². The van der Waals surface area contributed by atoms with Crippen molar-refractivity contribution in [2.45, 2.75) is 20.0 Å². The van der Waals surface area contributed by atoms with Crippen molar-refractivity contribution in [2.75, 3.05) is 11.9 Å². The van der Waals surface area contributed by atoms with E-state index in [1.54, 1.807) is 18.6 Å². The maximum absolute atomic E-state index is 12.5. The lowest BCUT2D eigenvalue weighted by molar-refractivity contribution is -0.921. The normalized spacial score (nSPS) is 11.0. The zero-order valence-corrected chi connectivity index (χ0v) is 14.7. The number of amides is 1. The number of anilines is 1. The Balaban J connectivity index is 1.68. The minimum absolute atomic E-state index is 0.0847. The van der Waals surface area contributed by atoms with Gasteiger partial charge in [0.15, 0.2) is 18.1 Å². The number of benzene rings is 1. The van der Waals surface area contributed by atoms with Crippen LogP contribution in [0.2, 0.25) is 5.02 Å². The molecule has 0 fully saturated rings. The van der Waals surface area contributed by atoms with E-state index in [1.807, 2.05) is 43.3 Å². The second kappa shape index (κ2) is 8.05. The third kappa shape index (κ3) is 4.75. The van der Waals surface area contributed by atoms with Gasteiger partial charge in [0.2, 0.25) is 0 Å². The molecule has 6 heteroatoms. The van der Waals surface area contributed by atoms with Crippen LogP contribution in [-0.4, -0.2) is 12.5 Å². The molecule has 0 unspecified atom stereocenters. The monoisotopic (exact) mass is 359 g/mol. The molecule has 0 atom stereocenters. The van der Waals surface area contributed by atoms with Crippen molar-refractivity contribution in [3.63, 3.8) is 0 Å². The van der Waals surface area contributed by atoms with Crippen LogP contribution in [0.25, 0.3) is 0 Å². The summed E-state index contributed by atoms with van der Waals surface area (Å²) in [5.74, 6) is 1.57. The van der Waals surface area contributed by atoms with Crippen molar-refractivity contribution < 1.29 is 18.5 Å². The minimum atomic E-state index is -0.0847. The second-order valence-electron chi connectivity index (χ2n) is 5.90. The molecule has 0 radical (unpaired) electrons. The fraction of sp³-hybridized carbons (Fsp3) is 0.211. The highest BCUT2D eigenvalue weighted by atomic mass is 35.5. The summed E-state index contributed by atoms with van der Waals surface area (Å²) in [6, 6.07) is 13.0. The lowest BCUT2D eigenvalue weighted by Crippen LogP contribution is -3.10. The molecule has 1 amide bonds. The first kappa shape index (κ1) is 17.3. The van der Waals surface area contributed by atoms with Crippen LogP contribution < -0.4 is 10.2 Å². The van der Waals surface area contributed by atoms with E-state index in [0.29, 0.717) is 18.1 Å². The SMILES string of the molecule is Cc1c(Cl)cccc1NC(=O)C[NH+](Cc1ccco1)Cc1ccco1. The number of hydrogen-bond donors (Lipinski definition) is 2. The van der Waals surface area contributed by atoms with E-state index < -0.39 is 0 Å². The third-order valence-corrected chi connectivity index (χ3v) is 4.37. The van der Waals surface area contributed by atoms with Crippen molar-refractivity contribution >= 4 is 23.2 Å². The van der Waals surface area contributed by atoms with Gasteiger partial charge in [0.1, 0.15) is 13.1 Å². The Morgan fingerprint density at radius 2 is 1.68 bits per heavy atom. The highest BCUT2D eigenvalue weighted by Gasteiger charge is 2.19. The molecule has 0 aliphatic heterocycles. The van der Waals surface area contributed by atoms with E-state index in [1.165, 1.54) is 0 Å². The molecular weight excluding hydrogens is 340 g/mol. The van der Waals surface area contributed by atoms with Crippen LogP contribution in [-0.2, 0) is 17.9 Å². The molecule has 0 saturated carbocycles. The smallest absolute Gasteiger partial charge is 0.279 e. The summed E-state index contributed by atoms with van der Waals surface area (Å²) in [4.78, 5) is 13.5. The van der Waals surface area contributed by atoms with Gasteiger partial charge in [0.25, 0.3) is 5.91 Å². The summed E-state index contributed by atoms with van der Waals surface area (Å²) in [6.07, 6.45) is 3.27. The van der Waals surface area contributed by atoms with Gasteiger partial charge < -0.3 is 19.1 Å². The van der Waals surface area contributed by atoms with Crippen molar-refractivity contribution in [2.24, 2.45) is 0 Å². The molecule has 2 heterocycles. The standard InChI is InChI=1S/C19H19ClN2O3/c1-14-17(20)7-2-8-18(14)21-19(23)13-22(11-15-5-3-9-24-15)12-16-6-4-10-25-16/h2-10H,11-13H2,1H3,(H,21,23)/p+1. The molecule has 0 saturated heterocycles. The number of halogens is 1. The second-order valence-corrected chi connectivity index (χ2v) is 6.31. The van der Waals surface area contributed by atoms with E-state index in [4.69, 9.17) is 20.4 Å². The first-order chi connectivity index (χ1) is 12.1. The molecule has 3 rings (SSSR count). The maximum atomic E-state index is 12.5. The van der Waals surface area contributed by atoms with Gasteiger partial charge in [-0.15, -0.1) is 0 Å². The summed E-state index contributed by atoms with van der Waals surface area (Å²) >= 11 is 6.11. The van der Waals surface area contributed by atoms with Gasteiger partial charge in [-0.3, -0.25) is 4.79 Å². The molecule has 3 aromatic rings. The topological polar surface area (TPSA) is 59.8 Å². The first-order valence-corrected chi connectivity index (χ1v) is 8.43. The zero-order valence-electron chi connectivity index (χ0n) is 13.9. The number of hydrogen-bond acceptors (Lipinski definition) is 3. The number of furan rings is 2. The van der Waals surface area contributed by atoms with E-state index in [2.05, 4.69) is 5.32 Å². The number of nitrogens with one attached hydrogen (secondary N) is 2. The van der Waals surface area contributed by atoms with E-state index in [0.717, 1.165) is 27.7 Å². The maximum Gasteiger partial charge on any atom is 0.279 e. The zero-order chi connectivity index (χ0) is 17.6. The Morgan fingerprint density at radius 3 is 2.24 bits per heavy atom. The lowest BCUT2D eigenvalue weighted by Gasteiger charge is -2.17. The summed E-state index contributed by atoms with van der Waals surface area (Å²) in [6.45, 7) is 3.35. The molecular formula is C19H20ClN2O3+. The predicted molar refractivity (Wildman–Crippen MR) is 95.5 cm³/mol. The Labute approximate surface area is 151 Å². The van der Waals surface area contributed by atoms with E-state index in [9.17, 15) is 4.79 Å². The molecule has 0 bridgehead atoms. The van der Waals surface area contributed by atoms with Crippen molar-refractivity contribution in [1.82, 2.24) is 0 Å². The van der Waals surface area contributed by atoms with Crippen LogP contribution in [0, 0.1) is 6.92 Å². The molecule has 1 aromatic carbocycles. The summed E-state index contributed by atoms with van der Waals surface area (Å²) < 4.78 is 10.8. The van der Waals surface area contributed by atoms with Crippen molar-refractivity contribution in [3.05, 3.63) is 77.1 Å². The summed E-state index contributed by atoms with van der Waals surface area (Å²) in [5, 5.41) is 3.57. The van der Waals surface area contributed by atoms with Crippen LogP contribution in [0.5, 0.6) is 0 Å². The molecule has 0 spiro atoms. The predicted octanol–water partition coefficient (Wildman–Crippen LogP) is 3.06. The molecule has 2 N–H and O–H groups in total. The molecule has 0 aliphatic rings. The summed E-state index contributed by atoms with van der Waals surface area (Å²) in [5.41, 5.74) is 1.59. The number of carbonyl (C=O) groups excluding carboxylic acids is 1. The van der Waals surface area contributed by atoms with Gasteiger partial charge in [0, 0.05) is 10.7 Å². The summed E-state index contributed by atoms with van der Waals surface area (Å²) in [7, 11) is 0. The van der Waals surface area contributed by atoms with Crippen LogP contribution in [0.1, 0.15) is 17.1 Å². The Kier molecular flexibility index (Phi) is 5.58. The van der Waals surface area contributed by atoms with Gasteiger partial charge in [0.05, 0.1) is 12.5 Å². The quantitative estimate of drug-likeness (QED) is 0.681. The van der Waals surface area contributed by atoms with Crippen molar-refractivity contribution in [1.29, 1.82) is 0 Å². The van der Waals surface area contributed by atoms with Gasteiger partial charge in [-0.05, 0) is 48.9 Å². The first-order valence-electron chi connectivity index (χ1n) is 8.05. The molecule has 25 heavy (non-hydrogen) atoms. The Morgan fingerprint density at radius 1 is 1.04 bits per heavy atom. The van der Waals surface area contributed by atoms with Gasteiger partial charge in [-0.2, -0.15) is 0 Å². The van der Waals surface area contributed by atoms with Crippen LogP contribution in [0.3, 0.4) is 0 Å². The third-order valence-electron chi connectivity index (χ3n) is 3.96.